The number of nitrogens with two attached hydrogens (primary N) is 1. The summed E-state index contributed by atoms with van der Waals surface area (Å²) in [5.41, 5.74) is 6.48. The Bertz CT molecular complexity index is 861. The molecule has 3 amide bonds. The van der Waals surface area contributed by atoms with E-state index >= 15 is 0 Å². The summed E-state index contributed by atoms with van der Waals surface area (Å²) >= 11 is 0. The fourth-order valence-electron chi connectivity index (χ4n) is 3.79. The van der Waals surface area contributed by atoms with Gasteiger partial charge in [-0.2, -0.15) is 0 Å². The van der Waals surface area contributed by atoms with Crippen molar-refractivity contribution in [2.24, 2.45) is 11.7 Å². The van der Waals surface area contributed by atoms with E-state index in [9.17, 15) is 19.2 Å². The maximum absolute atomic E-state index is 12.6. The minimum Gasteiger partial charge on any atom is -0.481 e. The number of nitrogens with one attached hydrogen (secondary N) is 1. The number of hydrogen-bond acceptors (Lipinski definition) is 5. The van der Waals surface area contributed by atoms with E-state index in [2.05, 4.69) is 0 Å². The normalized spacial score (nSPS) is 17.9. The molecule has 0 saturated carbocycles. The van der Waals surface area contributed by atoms with Gasteiger partial charge >= 0.3 is 17.8 Å². The fourth-order valence-corrected chi connectivity index (χ4v) is 3.79. The van der Waals surface area contributed by atoms with Gasteiger partial charge in [-0.15, -0.1) is 0 Å². The highest BCUT2D eigenvalue weighted by atomic mass is 16.4. The summed E-state index contributed by atoms with van der Waals surface area (Å²) in [5, 5.41) is 16.3. The molecule has 0 atom stereocenters. The second kappa shape index (κ2) is 8.93. The number of amidine groups is 1. The molecule has 0 aliphatic carbocycles. The second-order valence-corrected chi connectivity index (χ2v) is 7.57. The maximum atomic E-state index is 12.6. The zero-order valence-corrected chi connectivity index (χ0v) is 16.5. The van der Waals surface area contributed by atoms with Gasteiger partial charge in [-0.05, 0) is 43.0 Å². The van der Waals surface area contributed by atoms with Crippen molar-refractivity contribution in [1.82, 2.24) is 9.80 Å². The van der Waals surface area contributed by atoms with Crippen molar-refractivity contribution in [3.63, 3.8) is 0 Å². The van der Waals surface area contributed by atoms with Gasteiger partial charge in [0.25, 0.3) is 0 Å². The standard InChI is InChI=1S/C20H25N5O5/c21-18(22)14-1-3-15(4-2-14)25-10-9-24(19(29)20(25)30)12-16(26)23-7-5-13(6-8-23)11-17(27)28/h1-4,13H,5-12H2,(H3,21,22)(H,27,28). The molecule has 2 aliphatic rings. The first-order valence-electron chi connectivity index (χ1n) is 9.81. The molecule has 2 fully saturated rings. The number of carboxylic acids is 1. The number of anilines is 1. The monoisotopic (exact) mass is 415 g/mol. The molecule has 0 radical (unpaired) electrons. The Hall–Kier alpha value is -3.43. The third kappa shape index (κ3) is 4.76. The lowest BCUT2D eigenvalue weighted by molar-refractivity contribution is -0.149. The Balaban J connectivity index is 1.55. The van der Waals surface area contributed by atoms with Crippen molar-refractivity contribution in [3.05, 3.63) is 29.8 Å². The van der Waals surface area contributed by atoms with Crippen LogP contribution in [0.1, 0.15) is 24.8 Å². The molecule has 4 N–H and O–H groups in total. The van der Waals surface area contributed by atoms with Crippen LogP contribution in [0.3, 0.4) is 0 Å². The highest BCUT2D eigenvalue weighted by Crippen LogP contribution is 2.22. The van der Waals surface area contributed by atoms with Gasteiger partial charge in [0, 0.05) is 43.9 Å². The van der Waals surface area contributed by atoms with Crippen molar-refractivity contribution in [3.8, 4) is 0 Å². The molecular formula is C20H25N5O5. The van der Waals surface area contributed by atoms with E-state index in [1.165, 1.54) is 9.80 Å². The third-order valence-corrected chi connectivity index (χ3v) is 5.56. The molecule has 2 aliphatic heterocycles. The number of nitrogen functional groups attached to an aromatic ring is 1. The first-order valence-corrected chi connectivity index (χ1v) is 9.81. The molecule has 10 heteroatoms. The van der Waals surface area contributed by atoms with E-state index < -0.39 is 17.8 Å². The first-order chi connectivity index (χ1) is 14.3. The Morgan fingerprint density at radius 3 is 2.23 bits per heavy atom. The van der Waals surface area contributed by atoms with Crippen LogP contribution in [0.5, 0.6) is 0 Å². The molecule has 1 aromatic carbocycles. The van der Waals surface area contributed by atoms with E-state index in [0.717, 1.165) is 0 Å². The number of amides is 3. The van der Waals surface area contributed by atoms with Crippen molar-refractivity contribution >= 4 is 35.2 Å². The lowest BCUT2D eigenvalue weighted by Gasteiger charge is -2.36. The van der Waals surface area contributed by atoms with Crippen LogP contribution in [0.25, 0.3) is 0 Å². The van der Waals surface area contributed by atoms with Crippen molar-refractivity contribution in [2.75, 3.05) is 37.6 Å². The number of carbonyl (C=O) groups excluding carboxylic acids is 3. The Morgan fingerprint density at radius 1 is 1.03 bits per heavy atom. The highest BCUT2D eigenvalue weighted by molar-refractivity contribution is 6.41. The molecule has 2 saturated heterocycles. The maximum Gasteiger partial charge on any atom is 0.316 e. The average Bonchev–Trinajstić information content (AvgIpc) is 2.71. The zero-order chi connectivity index (χ0) is 21.8. The van der Waals surface area contributed by atoms with Gasteiger partial charge in [-0.3, -0.25) is 24.6 Å². The van der Waals surface area contributed by atoms with Gasteiger partial charge in [0.2, 0.25) is 5.91 Å². The topological polar surface area (TPSA) is 148 Å². The smallest absolute Gasteiger partial charge is 0.316 e. The molecule has 0 aromatic heterocycles. The van der Waals surface area contributed by atoms with Crippen LogP contribution in [0.4, 0.5) is 5.69 Å². The van der Waals surface area contributed by atoms with Gasteiger partial charge in [0.05, 0.1) is 0 Å². The van der Waals surface area contributed by atoms with E-state index in [4.69, 9.17) is 16.2 Å². The minimum absolute atomic E-state index is 0.0627. The second-order valence-electron chi connectivity index (χ2n) is 7.57. The van der Waals surface area contributed by atoms with E-state index in [-0.39, 0.29) is 43.7 Å². The third-order valence-electron chi connectivity index (χ3n) is 5.56. The number of piperidine rings is 1. The number of nitrogens with zero attached hydrogens (tertiary/aromatic N) is 3. The van der Waals surface area contributed by atoms with Crippen LogP contribution in [0.2, 0.25) is 0 Å². The van der Waals surface area contributed by atoms with Crippen LogP contribution in [0, 0.1) is 11.3 Å². The summed E-state index contributed by atoms with van der Waals surface area (Å²) in [4.78, 5) is 52.7. The van der Waals surface area contributed by atoms with E-state index in [1.807, 2.05) is 0 Å². The van der Waals surface area contributed by atoms with Crippen molar-refractivity contribution in [1.29, 1.82) is 5.41 Å². The molecule has 3 rings (SSSR count). The van der Waals surface area contributed by atoms with E-state index in [1.54, 1.807) is 29.2 Å². The molecule has 2 heterocycles. The minimum atomic E-state index is -0.835. The molecule has 30 heavy (non-hydrogen) atoms. The first kappa shape index (κ1) is 21.3. The van der Waals surface area contributed by atoms with Gasteiger partial charge in [0.1, 0.15) is 12.4 Å². The van der Waals surface area contributed by atoms with Gasteiger partial charge < -0.3 is 25.5 Å². The van der Waals surface area contributed by atoms with Crippen molar-refractivity contribution in [2.45, 2.75) is 19.3 Å². The summed E-state index contributed by atoms with van der Waals surface area (Å²) in [6.07, 6.45) is 1.34. The zero-order valence-electron chi connectivity index (χ0n) is 16.5. The number of carbonyl (C=O) groups is 4. The highest BCUT2D eigenvalue weighted by Gasteiger charge is 2.35. The molecule has 160 valence electrons. The number of aliphatic carboxylic acids is 1. The number of hydrogen-bond donors (Lipinski definition) is 3. The Kier molecular flexibility index (Phi) is 6.34. The quantitative estimate of drug-likeness (QED) is 0.335. The van der Waals surface area contributed by atoms with Crippen LogP contribution in [-0.2, 0) is 19.2 Å². The van der Waals surface area contributed by atoms with Crippen molar-refractivity contribution < 1.29 is 24.3 Å². The van der Waals surface area contributed by atoms with Crippen LogP contribution >= 0.6 is 0 Å². The predicted molar refractivity (Wildman–Crippen MR) is 108 cm³/mol. The lowest BCUT2D eigenvalue weighted by Crippen LogP contribution is -2.57. The molecule has 0 bridgehead atoms. The summed E-state index contributed by atoms with van der Waals surface area (Å²) in [6.45, 7) is 1.26. The largest absolute Gasteiger partial charge is 0.481 e. The average molecular weight is 415 g/mol. The van der Waals surface area contributed by atoms with Crippen LogP contribution in [0.15, 0.2) is 24.3 Å². The van der Waals surface area contributed by atoms with Gasteiger partial charge in [-0.1, -0.05) is 0 Å². The van der Waals surface area contributed by atoms with Crippen LogP contribution < -0.4 is 10.6 Å². The fraction of sp³-hybridized carbons (Fsp3) is 0.450. The molecule has 1 aromatic rings. The Labute approximate surface area is 173 Å². The molecular weight excluding hydrogens is 390 g/mol. The number of likely N-dealkylation sites (tertiary alicyclic amines) is 1. The summed E-state index contributed by atoms with van der Waals surface area (Å²) in [5.74, 6) is -2.52. The van der Waals surface area contributed by atoms with Gasteiger partial charge in [-0.25, -0.2) is 0 Å². The molecule has 10 nitrogen and oxygen atoms in total. The van der Waals surface area contributed by atoms with Crippen LogP contribution in [-0.4, -0.2) is 77.2 Å². The SMILES string of the molecule is N=C(N)c1ccc(N2CCN(CC(=O)N3CCC(CC(=O)O)CC3)C(=O)C2=O)cc1. The number of benzene rings is 1. The van der Waals surface area contributed by atoms with E-state index in [0.29, 0.717) is 37.2 Å². The summed E-state index contributed by atoms with van der Waals surface area (Å²) < 4.78 is 0. The summed E-state index contributed by atoms with van der Waals surface area (Å²) in [7, 11) is 0. The number of piperazine rings is 1. The number of rotatable bonds is 6. The summed E-state index contributed by atoms with van der Waals surface area (Å²) in [6, 6.07) is 6.48. The molecule has 0 spiro atoms. The van der Waals surface area contributed by atoms with Gasteiger partial charge in [0.15, 0.2) is 0 Å². The Morgan fingerprint density at radius 2 is 1.67 bits per heavy atom. The predicted octanol–water partition coefficient (Wildman–Crippen LogP) is -0.141. The molecule has 0 unspecified atom stereocenters. The number of carboxylic acid groups (broad SMARTS) is 1. The lowest BCUT2D eigenvalue weighted by atomic mass is 9.93.